The quantitative estimate of drug-likeness (QED) is 0.297. The van der Waals surface area contributed by atoms with Crippen LogP contribution in [-0.4, -0.2) is 5.11 Å². The van der Waals surface area contributed by atoms with Crippen LogP contribution in [0, 0.1) is 0 Å². The van der Waals surface area contributed by atoms with Crippen molar-refractivity contribution in [1.82, 2.24) is 0 Å². The van der Waals surface area contributed by atoms with Gasteiger partial charge in [-0.15, -0.1) is 0 Å². The molecular weight excluding hydrogens is 256 g/mol. The first-order valence-corrected chi connectivity index (χ1v) is 7.11. The lowest BCUT2D eigenvalue weighted by Crippen LogP contribution is -1.84. The summed E-state index contributed by atoms with van der Waals surface area (Å²) in [5.41, 5.74) is 2.59. The third kappa shape index (κ3) is 1.30. The number of fused-ring (bicyclic) bond motifs is 4. The average molecular weight is 268 g/mol. The molecule has 0 saturated carbocycles. The summed E-state index contributed by atoms with van der Waals surface area (Å²) in [4.78, 5) is 0. The van der Waals surface area contributed by atoms with Gasteiger partial charge in [-0.1, -0.05) is 54.6 Å². The third-order valence-electron chi connectivity index (χ3n) is 4.50. The number of hydrogen-bond donors (Lipinski definition) is 1. The van der Waals surface area contributed by atoms with Crippen molar-refractivity contribution in [2.24, 2.45) is 0 Å². The molecule has 0 aromatic heterocycles. The summed E-state index contributed by atoms with van der Waals surface area (Å²) in [5.74, 6) is 0.343. The highest BCUT2D eigenvalue weighted by molar-refractivity contribution is 6.20. The maximum absolute atomic E-state index is 10.1. The molecule has 1 heteroatoms. The first-order valence-electron chi connectivity index (χ1n) is 7.11. The van der Waals surface area contributed by atoms with Crippen LogP contribution in [-0.2, 0) is 0 Å². The number of hydrogen-bond acceptors (Lipinski definition) is 1. The zero-order valence-corrected chi connectivity index (χ0v) is 11.3. The van der Waals surface area contributed by atoms with Crippen molar-refractivity contribution < 1.29 is 5.11 Å². The van der Waals surface area contributed by atoms with Crippen LogP contribution < -0.4 is 0 Å². The average Bonchev–Trinajstić information content (AvgIpc) is 2.94. The molecule has 1 N–H and O–H groups in total. The smallest absolute Gasteiger partial charge is 0.123 e. The molecule has 0 spiro atoms. The van der Waals surface area contributed by atoms with Gasteiger partial charge in [-0.25, -0.2) is 0 Å². The summed E-state index contributed by atoms with van der Waals surface area (Å²) in [6.45, 7) is 0. The molecule has 0 radical (unpaired) electrons. The van der Waals surface area contributed by atoms with Crippen LogP contribution in [0.15, 0.2) is 54.6 Å². The van der Waals surface area contributed by atoms with Crippen molar-refractivity contribution in [3.8, 4) is 5.75 Å². The number of phenolic OH excluding ortho intramolecular Hbond substituents is 1. The Morgan fingerprint density at radius 2 is 1.52 bits per heavy atom. The molecule has 1 nitrogen and oxygen atoms in total. The predicted molar refractivity (Wildman–Crippen MR) is 89.6 cm³/mol. The largest absolute Gasteiger partial charge is 0.507 e. The van der Waals surface area contributed by atoms with Crippen LogP contribution in [0.25, 0.3) is 44.5 Å². The Labute approximate surface area is 121 Å². The first-order chi connectivity index (χ1) is 10.3. The first kappa shape index (κ1) is 10.9. The van der Waals surface area contributed by atoms with Crippen molar-refractivity contribution >= 4 is 44.5 Å². The highest BCUT2D eigenvalue weighted by atomic mass is 16.3. The maximum atomic E-state index is 10.1. The highest BCUT2D eigenvalue weighted by Gasteiger charge is 2.14. The normalized spacial score (nSPS) is 12.8. The Morgan fingerprint density at radius 1 is 0.667 bits per heavy atom. The second kappa shape index (κ2) is 3.64. The van der Waals surface area contributed by atoms with E-state index in [0.29, 0.717) is 5.75 Å². The van der Waals surface area contributed by atoms with Gasteiger partial charge >= 0.3 is 0 Å². The predicted octanol–water partition coefficient (Wildman–Crippen LogP) is 5.34. The second-order valence-electron chi connectivity index (χ2n) is 5.60. The molecule has 4 aromatic carbocycles. The molecule has 0 amide bonds. The van der Waals surface area contributed by atoms with Crippen molar-refractivity contribution in [2.45, 2.75) is 0 Å². The number of benzene rings is 4. The Hall–Kier alpha value is -2.80. The molecule has 1 aliphatic rings. The van der Waals surface area contributed by atoms with E-state index in [1.165, 1.54) is 32.7 Å². The Balaban J connectivity index is 2.11. The lowest BCUT2D eigenvalue weighted by atomic mass is 9.94. The number of rotatable bonds is 0. The Morgan fingerprint density at radius 3 is 2.48 bits per heavy atom. The van der Waals surface area contributed by atoms with Gasteiger partial charge in [0.05, 0.1) is 0 Å². The Kier molecular flexibility index (Phi) is 1.90. The minimum Gasteiger partial charge on any atom is -0.507 e. The summed E-state index contributed by atoms with van der Waals surface area (Å²) >= 11 is 0. The Bertz CT molecular complexity index is 1090. The fraction of sp³-hybridized carbons (Fsp3) is 0. The van der Waals surface area contributed by atoms with Crippen LogP contribution >= 0.6 is 0 Å². The van der Waals surface area contributed by atoms with E-state index >= 15 is 0 Å². The van der Waals surface area contributed by atoms with E-state index in [1.54, 1.807) is 6.07 Å². The molecule has 98 valence electrons. The van der Waals surface area contributed by atoms with E-state index < -0.39 is 0 Å². The fourth-order valence-electron chi connectivity index (χ4n) is 3.55. The summed E-state index contributed by atoms with van der Waals surface area (Å²) in [5, 5.41) is 17.1. The van der Waals surface area contributed by atoms with E-state index in [9.17, 15) is 5.11 Å². The topological polar surface area (TPSA) is 20.2 Å². The van der Waals surface area contributed by atoms with Crippen molar-refractivity contribution in [3.05, 3.63) is 65.7 Å². The lowest BCUT2D eigenvalue weighted by Gasteiger charge is -2.10. The standard InChI is InChI=1S/C20H12O/c21-19-6-2-5-14-16(19)10-9-15-17-8-7-12-3-1-4-13(20(12)17)11-18(14)15/h1-11,21H. The molecule has 0 unspecified atom stereocenters. The second-order valence-corrected chi connectivity index (χ2v) is 5.60. The molecule has 1 aliphatic carbocycles. The van der Waals surface area contributed by atoms with Crippen molar-refractivity contribution in [1.29, 1.82) is 0 Å². The SMILES string of the molecule is Oc1cccc2c1ccc1c3c4c(cccc4cc12)C=C3. The molecule has 0 heterocycles. The van der Waals surface area contributed by atoms with E-state index in [1.807, 2.05) is 12.1 Å². The van der Waals surface area contributed by atoms with E-state index in [-0.39, 0.29) is 0 Å². The van der Waals surface area contributed by atoms with Gasteiger partial charge in [0.15, 0.2) is 0 Å². The van der Waals surface area contributed by atoms with Gasteiger partial charge in [0, 0.05) is 5.39 Å². The maximum Gasteiger partial charge on any atom is 0.123 e. The number of phenols is 1. The molecule has 0 fully saturated rings. The van der Waals surface area contributed by atoms with Gasteiger partial charge in [0.1, 0.15) is 5.75 Å². The van der Waals surface area contributed by atoms with Gasteiger partial charge in [-0.3, -0.25) is 0 Å². The van der Waals surface area contributed by atoms with Gasteiger partial charge in [-0.05, 0) is 50.2 Å². The van der Waals surface area contributed by atoms with Crippen molar-refractivity contribution in [2.75, 3.05) is 0 Å². The molecule has 0 saturated heterocycles. The van der Waals surface area contributed by atoms with Crippen LogP contribution in [0.1, 0.15) is 11.1 Å². The van der Waals surface area contributed by atoms with Gasteiger partial charge in [0.2, 0.25) is 0 Å². The van der Waals surface area contributed by atoms with Gasteiger partial charge < -0.3 is 5.11 Å². The van der Waals surface area contributed by atoms with Crippen LogP contribution in [0.5, 0.6) is 5.75 Å². The fourth-order valence-corrected chi connectivity index (χ4v) is 3.55. The van der Waals surface area contributed by atoms with E-state index in [4.69, 9.17) is 0 Å². The summed E-state index contributed by atoms with van der Waals surface area (Å²) < 4.78 is 0. The zero-order valence-electron chi connectivity index (χ0n) is 11.3. The van der Waals surface area contributed by atoms with Crippen LogP contribution in [0.4, 0.5) is 0 Å². The zero-order chi connectivity index (χ0) is 14.0. The molecule has 5 rings (SSSR count). The summed E-state index contributed by atoms with van der Waals surface area (Å²) in [7, 11) is 0. The van der Waals surface area contributed by atoms with E-state index in [0.717, 1.165) is 10.8 Å². The molecule has 0 aliphatic heterocycles. The third-order valence-corrected chi connectivity index (χ3v) is 4.50. The highest BCUT2D eigenvalue weighted by Crippen LogP contribution is 2.40. The minimum absolute atomic E-state index is 0.343. The summed E-state index contributed by atoms with van der Waals surface area (Å²) in [6, 6.07) is 18.5. The minimum atomic E-state index is 0.343. The number of aromatic hydroxyl groups is 1. The van der Waals surface area contributed by atoms with Gasteiger partial charge in [-0.2, -0.15) is 0 Å². The molecule has 21 heavy (non-hydrogen) atoms. The van der Waals surface area contributed by atoms with Crippen LogP contribution in [0.2, 0.25) is 0 Å². The van der Waals surface area contributed by atoms with Crippen molar-refractivity contribution in [3.63, 3.8) is 0 Å². The van der Waals surface area contributed by atoms with Crippen LogP contribution in [0.3, 0.4) is 0 Å². The summed E-state index contributed by atoms with van der Waals surface area (Å²) in [6.07, 6.45) is 4.39. The van der Waals surface area contributed by atoms with E-state index in [2.05, 4.69) is 48.6 Å². The molecule has 0 atom stereocenters. The molecule has 0 bridgehead atoms. The monoisotopic (exact) mass is 268 g/mol. The van der Waals surface area contributed by atoms with Gasteiger partial charge in [0.25, 0.3) is 0 Å². The lowest BCUT2D eigenvalue weighted by molar-refractivity contribution is 0.481. The molecule has 4 aromatic rings. The molecular formula is C20H12O.